The van der Waals surface area contributed by atoms with Gasteiger partial charge in [0, 0.05) is 55.9 Å². The first kappa shape index (κ1) is 54.6. The SMILES string of the molecule is CCCCC(=O)N[C@H]1CC(=O)NCCCC[C@@H](C(N)=O)NC(=O)[C@H](Cc2c[nH]c3ccccc23)NC(=O)[C@H](CCCN=C(N)N)NC(=O)[C@@H](Cc2ccccc2)NC(=O)[C@@]2(CCc3c(C)cccc3C2)NC1=O. The van der Waals surface area contributed by atoms with Gasteiger partial charge in [-0.1, -0.05) is 80.1 Å². The average Bonchev–Trinajstić information content (AvgIpc) is 3.77. The summed E-state index contributed by atoms with van der Waals surface area (Å²) in [6.07, 6.45) is 3.97. The van der Waals surface area contributed by atoms with E-state index >= 15 is 4.79 Å². The van der Waals surface area contributed by atoms with Gasteiger partial charge < -0.3 is 59.4 Å². The first-order chi connectivity index (χ1) is 35.0. The summed E-state index contributed by atoms with van der Waals surface area (Å²) in [4.78, 5) is 121. The standard InChI is InChI=1S/C53H70N12O8/c1-3-4-22-44(66)60-43-29-45(67)57-25-11-10-20-39(46(54)68)61-49(71)42(28-35-31-59-38-19-9-8-18-37(35)38)63-47(69)40(21-13-26-58-52(55)56)62-48(70)41(27-33-15-6-5-7-16-33)64-51(73)53(65-50(43)72)24-23-36-32(2)14-12-17-34(36)30-53/h5-9,12,14-19,31,39-43,59H,3-4,10-11,13,20-30H2,1-2H3,(H2,54,68)(H,57,67)(H,60,66)(H,61,71)(H,62,70)(H,63,69)(H,64,73)(H,65,72)(H4,55,56,58)/t39-,40-,41+,42-,43-,53-/m0/s1. The Balaban J connectivity index is 1.41. The Labute approximate surface area is 425 Å². The summed E-state index contributed by atoms with van der Waals surface area (Å²) in [5.74, 6) is -5.68. The summed E-state index contributed by atoms with van der Waals surface area (Å²) in [6, 6.07) is 15.6. The number of carbonyl (C=O) groups excluding carboxylic acids is 8. The van der Waals surface area contributed by atoms with Crippen LogP contribution in [0.25, 0.3) is 10.9 Å². The normalized spacial score (nSPS) is 22.8. The molecule has 2 aliphatic rings. The number of hydrogen-bond acceptors (Lipinski definition) is 9. The maximum atomic E-state index is 15.2. The third-order valence-electron chi connectivity index (χ3n) is 13.5. The molecular weight excluding hydrogens is 933 g/mol. The van der Waals surface area contributed by atoms with Gasteiger partial charge in [0.25, 0.3) is 0 Å². The molecule has 390 valence electrons. The van der Waals surface area contributed by atoms with Crippen LogP contribution in [0.4, 0.5) is 0 Å². The molecule has 6 atom stereocenters. The molecule has 1 saturated heterocycles. The van der Waals surface area contributed by atoms with Crippen molar-refractivity contribution in [2.45, 2.75) is 139 Å². The molecule has 0 unspecified atom stereocenters. The molecule has 0 saturated carbocycles. The van der Waals surface area contributed by atoms with Crippen molar-refractivity contribution in [1.29, 1.82) is 0 Å². The van der Waals surface area contributed by atoms with Crippen LogP contribution in [-0.4, -0.2) is 107 Å². The second-order valence-electron chi connectivity index (χ2n) is 19.0. The predicted octanol–water partition coefficient (Wildman–Crippen LogP) is 1.15. The number of hydrogen-bond donors (Lipinski definition) is 11. The highest BCUT2D eigenvalue weighted by atomic mass is 16.2. The molecule has 4 aromatic rings. The molecule has 20 nitrogen and oxygen atoms in total. The number of benzene rings is 3. The lowest BCUT2D eigenvalue weighted by molar-refractivity contribution is -0.139. The highest BCUT2D eigenvalue weighted by Crippen LogP contribution is 2.32. The molecule has 3 aromatic carbocycles. The van der Waals surface area contributed by atoms with Crippen LogP contribution in [0.1, 0.15) is 98.9 Å². The van der Waals surface area contributed by atoms with Gasteiger partial charge in [-0.3, -0.25) is 43.3 Å². The molecule has 6 rings (SSSR count). The number of aryl methyl sites for hydroxylation is 1. The highest BCUT2D eigenvalue weighted by molar-refractivity contribution is 6.00. The van der Waals surface area contributed by atoms with Gasteiger partial charge in [-0.2, -0.15) is 0 Å². The van der Waals surface area contributed by atoms with E-state index in [2.05, 4.69) is 47.2 Å². The van der Waals surface area contributed by atoms with Crippen molar-refractivity contribution in [1.82, 2.24) is 42.2 Å². The van der Waals surface area contributed by atoms with E-state index in [4.69, 9.17) is 17.2 Å². The number of aliphatic imine (C=N–C) groups is 1. The molecular formula is C53H70N12O8. The van der Waals surface area contributed by atoms with Crippen molar-refractivity contribution < 1.29 is 38.4 Å². The maximum absolute atomic E-state index is 15.2. The molecule has 73 heavy (non-hydrogen) atoms. The van der Waals surface area contributed by atoms with Crippen molar-refractivity contribution in [2.75, 3.05) is 13.1 Å². The van der Waals surface area contributed by atoms with Gasteiger partial charge in [0.05, 0.1) is 6.42 Å². The summed E-state index contributed by atoms with van der Waals surface area (Å²) < 4.78 is 0. The first-order valence-electron chi connectivity index (χ1n) is 25.2. The third kappa shape index (κ3) is 15.4. The lowest BCUT2D eigenvalue weighted by Gasteiger charge is -2.40. The fourth-order valence-electron chi connectivity index (χ4n) is 9.45. The zero-order valence-corrected chi connectivity index (χ0v) is 41.7. The van der Waals surface area contributed by atoms with Crippen molar-refractivity contribution in [3.05, 3.63) is 107 Å². The Kier molecular flexibility index (Phi) is 19.5. The van der Waals surface area contributed by atoms with Crippen LogP contribution in [0.2, 0.25) is 0 Å². The van der Waals surface area contributed by atoms with E-state index in [0.717, 1.165) is 27.6 Å². The van der Waals surface area contributed by atoms with Gasteiger partial charge in [0.2, 0.25) is 47.3 Å². The Morgan fingerprint density at radius 2 is 1.49 bits per heavy atom. The number of aromatic amines is 1. The summed E-state index contributed by atoms with van der Waals surface area (Å²) in [6.45, 7) is 4.09. The second-order valence-corrected chi connectivity index (χ2v) is 19.0. The highest BCUT2D eigenvalue weighted by Gasteiger charge is 2.46. The van der Waals surface area contributed by atoms with Crippen LogP contribution < -0.4 is 54.4 Å². The lowest BCUT2D eigenvalue weighted by Crippen LogP contribution is -2.67. The van der Waals surface area contributed by atoms with E-state index in [1.54, 1.807) is 36.5 Å². The number of nitrogens with two attached hydrogens (primary N) is 3. The van der Waals surface area contributed by atoms with Gasteiger partial charge in [-0.05, 0) is 92.2 Å². The number of para-hydroxylation sites is 1. The van der Waals surface area contributed by atoms with Crippen molar-refractivity contribution in [3.8, 4) is 0 Å². The molecule has 2 heterocycles. The second kappa shape index (κ2) is 26.1. The summed E-state index contributed by atoms with van der Waals surface area (Å²) >= 11 is 0. The smallest absolute Gasteiger partial charge is 0.246 e. The number of H-pyrrole nitrogens is 1. The lowest BCUT2D eigenvalue weighted by atomic mass is 9.75. The van der Waals surface area contributed by atoms with E-state index in [0.29, 0.717) is 43.2 Å². The molecule has 0 radical (unpaired) electrons. The van der Waals surface area contributed by atoms with Crippen molar-refractivity contribution >= 4 is 64.1 Å². The first-order valence-corrected chi connectivity index (χ1v) is 25.2. The quantitative estimate of drug-likeness (QED) is 0.0516. The van der Waals surface area contributed by atoms with Gasteiger partial charge in [-0.25, -0.2) is 0 Å². The van der Waals surface area contributed by atoms with Gasteiger partial charge >= 0.3 is 0 Å². The van der Waals surface area contributed by atoms with Crippen LogP contribution in [0.3, 0.4) is 0 Å². The fourth-order valence-corrected chi connectivity index (χ4v) is 9.45. The van der Waals surface area contributed by atoms with Crippen molar-refractivity contribution in [2.24, 2.45) is 22.2 Å². The average molecular weight is 1000 g/mol. The fraction of sp³-hybridized carbons (Fsp3) is 0.453. The minimum Gasteiger partial charge on any atom is -0.370 e. The van der Waals surface area contributed by atoms with Crippen LogP contribution in [0.5, 0.6) is 0 Å². The minimum absolute atomic E-state index is 0.0139. The summed E-state index contributed by atoms with van der Waals surface area (Å²) in [5, 5.41) is 20.6. The molecule has 1 aliphatic heterocycles. The van der Waals surface area contributed by atoms with E-state index in [1.807, 2.05) is 56.3 Å². The molecule has 0 bridgehead atoms. The topological polar surface area (TPSA) is 327 Å². The molecule has 8 amide bonds. The number of guanidine groups is 1. The number of unbranched alkanes of at least 4 members (excludes halogenated alkanes) is 1. The number of primary amides is 1. The number of amides is 8. The Bertz CT molecular complexity index is 2650. The number of nitrogens with one attached hydrogen (secondary N) is 8. The number of rotatable bonds is 13. The third-order valence-corrected chi connectivity index (χ3v) is 13.5. The van der Waals surface area contributed by atoms with Gasteiger partial charge in [0.15, 0.2) is 5.96 Å². The maximum Gasteiger partial charge on any atom is 0.246 e. The molecule has 1 aliphatic carbocycles. The zero-order valence-electron chi connectivity index (χ0n) is 41.7. The Morgan fingerprint density at radius 3 is 2.25 bits per heavy atom. The minimum atomic E-state index is -1.68. The largest absolute Gasteiger partial charge is 0.370 e. The number of aromatic nitrogens is 1. The molecule has 1 fully saturated rings. The van der Waals surface area contributed by atoms with Crippen molar-refractivity contribution in [3.63, 3.8) is 0 Å². The molecule has 20 heteroatoms. The van der Waals surface area contributed by atoms with Crippen LogP contribution in [0, 0.1) is 6.92 Å². The summed E-state index contributed by atoms with van der Waals surface area (Å²) in [5.41, 5.74) is 20.3. The van der Waals surface area contributed by atoms with E-state index in [9.17, 15) is 33.6 Å². The molecule has 14 N–H and O–H groups in total. The van der Waals surface area contributed by atoms with Crippen LogP contribution in [-0.2, 0) is 64.0 Å². The van der Waals surface area contributed by atoms with Gasteiger partial charge in [-0.15, -0.1) is 0 Å². The monoisotopic (exact) mass is 1000 g/mol. The van der Waals surface area contributed by atoms with Gasteiger partial charge in [0.1, 0.15) is 35.7 Å². The van der Waals surface area contributed by atoms with Crippen LogP contribution >= 0.6 is 0 Å². The molecule has 1 aromatic heterocycles. The Hall–Kier alpha value is -7.77. The summed E-state index contributed by atoms with van der Waals surface area (Å²) in [7, 11) is 0. The zero-order chi connectivity index (χ0) is 52.5. The van der Waals surface area contributed by atoms with E-state index in [1.165, 1.54) is 0 Å². The predicted molar refractivity (Wildman–Crippen MR) is 276 cm³/mol. The number of carbonyl (C=O) groups is 8. The molecule has 1 spiro atoms. The van der Waals surface area contributed by atoms with Crippen LogP contribution in [0.15, 0.2) is 84.0 Å². The van der Waals surface area contributed by atoms with E-state index < -0.39 is 89.4 Å². The number of nitrogens with zero attached hydrogens (tertiary/aromatic N) is 1. The Morgan fingerprint density at radius 1 is 0.781 bits per heavy atom. The van der Waals surface area contributed by atoms with E-state index in [-0.39, 0.29) is 70.4 Å². The number of fused-ring (bicyclic) bond motifs is 2.